The highest BCUT2D eigenvalue weighted by atomic mass is 19.4. The molecule has 5 nitrogen and oxygen atoms in total. The standard InChI is InChI=1S/C12H11F3N4O/c1-7(8-4-2-3-5-16-8)17-11-18-9(12(13,14)15)6-10(20)19-11/h2-7H,1H3,(H2,17,18,19,20). The van der Waals surface area contributed by atoms with E-state index in [9.17, 15) is 18.0 Å². The Morgan fingerprint density at radius 1 is 1.35 bits per heavy atom. The predicted octanol–water partition coefficient (Wildman–Crippen LogP) is 2.36. The maximum atomic E-state index is 12.6. The molecule has 0 spiro atoms. The Hall–Kier alpha value is -2.38. The van der Waals surface area contributed by atoms with E-state index in [0.717, 1.165) is 0 Å². The van der Waals surface area contributed by atoms with Gasteiger partial charge in [-0.3, -0.25) is 14.8 Å². The summed E-state index contributed by atoms with van der Waals surface area (Å²) >= 11 is 0. The van der Waals surface area contributed by atoms with Crippen molar-refractivity contribution >= 4 is 5.95 Å². The van der Waals surface area contributed by atoms with Crippen LogP contribution >= 0.6 is 0 Å². The highest BCUT2D eigenvalue weighted by Gasteiger charge is 2.33. The molecule has 2 aromatic heterocycles. The van der Waals surface area contributed by atoms with E-state index in [1.54, 1.807) is 31.3 Å². The predicted molar refractivity (Wildman–Crippen MR) is 66.1 cm³/mol. The van der Waals surface area contributed by atoms with E-state index < -0.39 is 23.5 Å². The first kappa shape index (κ1) is 14.0. The van der Waals surface area contributed by atoms with Gasteiger partial charge in [0, 0.05) is 12.3 Å². The Balaban J connectivity index is 2.26. The zero-order chi connectivity index (χ0) is 14.8. The first-order chi connectivity index (χ1) is 9.36. The van der Waals surface area contributed by atoms with Crippen LogP contribution in [0.4, 0.5) is 19.1 Å². The molecule has 1 unspecified atom stereocenters. The lowest BCUT2D eigenvalue weighted by atomic mass is 10.2. The second kappa shape index (κ2) is 5.32. The minimum absolute atomic E-state index is 0.247. The van der Waals surface area contributed by atoms with Gasteiger partial charge in [-0.15, -0.1) is 0 Å². The van der Waals surface area contributed by atoms with E-state index in [1.807, 2.05) is 0 Å². The van der Waals surface area contributed by atoms with E-state index in [2.05, 4.69) is 20.3 Å². The quantitative estimate of drug-likeness (QED) is 0.907. The number of nitrogens with one attached hydrogen (secondary N) is 2. The van der Waals surface area contributed by atoms with Gasteiger partial charge in [0.15, 0.2) is 5.69 Å². The summed E-state index contributed by atoms with van der Waals surface area (Å²) in [4.78, 5) is 20.9. The lowest BCUT2D eigenvalue weighted by Gasteiger charge is -2.14. The van der Waals surface area contributed by atoms with E-state index in [0.29, 0.717) is 11.8 Å². The maximum absolute atomic E-state index is 12.6. The molecule has 106 valence electrons. The van der Waals surface area contributed by atoms with Crippen LogP contribution < -0.4 is 10.9 Å². The number of aromatic nitrogens is 3. The molecule has 2 heterocycles. The summed E-state index contributed by atoms with van der Waals surface area (Å²) in [6.07, 6.45) is -3.10. The lowest BCUT2D eigenvalue weighted by Crippen LogP contribution is -2.20. The fraction of sp³-hybridized carbons (Fsp3) is 0.250. The average Bonchev–Trinajstić information content (AvgIpc) is 2.38. The van der Waals surface area contributed by atoms with Crippen molar-refractivity contribution < 1.29 is 13.2 Å². The summed E-state index contributed by atoms with van der Waals surface area (Å²) in [5.41, 5.74) is -1.49. The first-order valence-electron chi connectivity index (χ1n) is 5.72. The van der Waals surface area contributed by atoms with Gasteiger partial charge in [-0.1, -0.05) is 6.07 Å². The van der Waals surface area contributed by atoms with Crippen LogP contribution in [0.15, 0.2) is 35.3 Å². The van der Waals surface area contributed by atoms with Crippen LogP contribution in [0, 0.1) is 0 Å². The summed E-state index contributed by atoms with van der Waals surface area (Å²) in [6, 6.07) is 5.20. The van der Waals surface area contributed by atoms with E-state index in [-0.39, 0.29) is 5.95 Å². The van der Waals surface area contributed by atoms with Crippen LogP contribution in [-0.2, 0) is 6.18 Å². The third kappa shape index (κ3) is 3.34. The number of nitrogens with zero attached hydrogens (tertiary/aromatic N) is 2. The zero-order valence-corrected chi connectivity index (χ0v) is 10.4. The monoisotopic (exact) mass is 284 g/mol. The summed E-state index contributed by atoms with van der Waals surface area (Å²) in [6.45, 7) is 1.70. The third-order valence-electron chi connectivity index (χ3n) is 2.52. The molecule has 2 N–H and O–H groups in total. The van der Waals surface area contributed by atoms with Crippen molar-refractivity contribution in [3.8, 4) is 0 Å². The number of aromatic amines is 1. The van der Waals surface area contributed by atoms with Gasteiger partial charge in [-0.05, 0) is 19.1 Å². The number of pyridine rings is 1. The molecule has 8 heteroatoms. The molecule has 2 rings (SSSR count). The van der Waals surface area contributed by atoms with Gasteiger partial charge in [0.2, 0.25) is 5.95 Å². The van der Waals surface area contributed by atoms with Gasteiger partial charge in [-0.25, -0.2) is 4.98 Å². The van der Waals surface area contributed by atoms with Gasteiger partial charge in [0.25, 0.3) is 5.56 Å². The third-order valence-corrected chi connectivity index (χ3v) is 2.52. The van der Waals surface area contributed by atoms with E-state index in [4.69, 9.17) is 0 Å². The summed E-state index contributed by atoms with van der Waals surface area (Å²) < 4.78 is 37.7. The van der Waals surface area contributed by atoms with Crippen LogP contribution in [0.1, 0.15) is 24.4 Å². The minimum Gasteiger partial charge on any atom is -0.348 e. The molecule has 0 bridgehead atoms. The molecule has 0 fully saturated rings. The molecule has 0 aliphatic carbocycles. The lowest BCUT2D eigenvalue weighted by molar-refractivity contribution is -0.141. The zero-order valence-electron chi connectivity index (χ0n) is 10.4. The molecule has 2 aromatic rings. The van der Waals surface area contributed by atoms with Crippen molar-refractivity contribution in [3.63, 3.8) is 0 Å². The number of halogens is 3. The number of alkyl halides is 3. The summed E-state index contributed by atoms with van der Waals surface area (Å²) in [5, 5.41) is 2.68. The Labute approximate surface area is 111 Å². The van der Waals surface area contributed by atoms with Crippen LogP contribution in [0.25, 0.3) is 0 Å². The molecular weight excluding hydrogens is 273 g/mol. The number of hydrogen-bond donors (Lipinski definition) is 2. The average molecular weight is 284 g/mol. The van der Waals surface area contributed by atoms with Crippen LogP contribution in [-0.4, -0.2) is 15.0 Å². The summed E-state index contributed by atoms with van der Waals surface area (Å²) in [5.74, 6) is -0.247. The fourth-order valence-electron chi connectivity index (χ4n) is 1.58. The molecule has 0 aromatic carbocycles. The van der Waals surface area contributed by atoms with E-state index in [1.165, 1.54) is 0 Å². The maximum Gasteiger partial charge on any atom is 0.433 e. The Kier molecular flexibility index (Phi) is 3.73. The highest BCUT2D eigenvalue weighted by Crippen LogP contribution is 2.27. The Bertz CT molecular complexity index is 639. The number of anilines is 1. The number of hydrogen-bond acceptors (Lipinski definition) is 4. The molecule has 0 aliphatic heterocycles. The number of H-pyrrole nitrogens is 1. The molecular formula is C12H11F3N4O. The topological polar surface area (TPSA) is 70.7 Å². The second-order valence-electron chi connectivity index (χ2n) is 4.10. The van der Waals surface area contributed by atoms with Crippen molar-refractivity contribution in [2.24, 2.45) is 0 Å². The Morgan fingerprint density at radius 3 is 2.70 bits per heavy atom. The van der Waals surface area contributed by atoms with Gasteiger partial charge in [0.1, 0.15) is 0 Å². The molecule has 0 amide bonds. The van der Waals surface area contributed by atoms with Gasteiger partial charge in [0.05, 0.1) is 11.7 Å². The van der Waals surface area contributed by atoms with Crippen molar-refractivity contribution in [3.05, 3.63) is 52.2 Å². The molecule has 20 heavy (non-hydrogen) atoms. The largest absolute Gasteiger partial charge is 0.433 e. The molecule has 1 atom stereocenters. The fourth-order valence-corrected chi connectivity index (χ4v) is 1.58. The van der Waals surface area contributed by atoms with Gasteiger partial charge >= 0.3 is 6.18 Å². The normalized spacial score (nSPS) is 13.0. The smallest absolute Gasteiger partial charge is 0.348 e. The van der Waals surface area contributed by atoms with Crippen molar-refractivity contribution in [1.29, 1.82) is 0 Å². The van der Waals surface area contributed by atoms with Gasteiger partial charge < -0.3 is 5.32 Å². The number of rotatable bonds is 3. The SMILES string of the molecule is CC(Nc1nc(C(F)(F)F)cc(=O)[nH]1)c1ccccn1. The van der Waals surface area contributed by atoms with Crippen LogP contribution in [0.5, 0.6) is 0 Å². The first-order valence-corrected chi connectivity index (χ1v) is 5.72. The second-order valence-corrected chi connectivity index (χ2v) is 4.10. The minimum atomic E-state index is -4.67. The summed E-state index contributed by atoms with van der Waals surface area (Å²) in [7, 11) is 0. The molecule has 0 radical (unpaired) electrons. The van der Waals surface area contributed by atoms with E-state index >= 15 is 0 Å². The van der Waals surface area contributed by atoms with Crippen molar-refractivity contribution in [2.75, 3.05) is 5.32 Å². The molecule has 0 saturated heterocycles. The van der Waals surface area contributed by atoms with Crippen molar-refractivity contribution in [1.82, 2.24) is 15.0 Å². The molecule has 0 aliphatic rings. The Morgan fingerprint density at radius 2 is 2.10 bits per heavy atom. The van der Waals surface area contributed by atoms with Gasteiger partial charge in [-0.2, -0.15) is 13.2 Å². The van der Waals surface area contributed by atoms with Crippen LogP contribution in [0.3, 0.4) is 0 Å². The van der Waals surface area contributed by atoms with Crippen LogP contribution in [0.2, 0.25) is 0 Å². The molecule has 0 saturated carbocycles. The highest BCUT2D eigenvalue weighted by molar-refractivity contribution is 5.30. The van der Waals surface area contributed by atoms with Crippen molar-refractivity contribution in [2.45, 2.75) is 19.1 Å².